The molecule has 0 atom stereocenters. The van der Waals surface area contributed by atoms with Crippen LogP contribution in [-0.4, -0.2) is 32.7 Å². The van der Waals surface area contributed by atoms with Crippen molar-refractivity contribution < 1.29 is 9.15 Å². The van der Waals surface area contributed by atoms with Crippen LogP contribution in [0.25, 0.3) is 0 Å². The number of nitrogens with one attached hydrogen (secondary N) is 2. The number of nitrogens with zero attached hydrogens (tertiary/aromatic N) is 1. The normalized spacial score (nSPS) is 15.2. The van der Waals surface area contributed by atoms with E-state index >= 15 is 0 Å². The van der Waals surface area contributed by atoms with Gasteiger partial charge in [-0.3, -0.25) is 4.99 Å². The molecule has 1 heterocycles. The standard InChI is InChI=1S/C20H27N3O2.HI/c1-21-19(22-12-6-13-24-15-18-9-5-14-25-18)23-16-20(10-11-20)17-7-3-2-4-8-17;/h2-5,7-9,14H,6,10-13,15-16H2,1H3,(H2,21,22,23);1H. The molecule has 0 unspecified atom stereocenters. The number of guanidine groups is 1. The molecule has 0 radical (unpaired) electrons. The maximum Gasteiger partial charge on any atom is 0.191 e. The van der Waals surface area contributed by atoms with E-state index in [1.807, 2.05) is 19.2 Å². The van der Waals surface area contributed by atoms with Crippen LogP contribution >= 0.6 is 24.0 Å². The van der Waals surface area contributed by atoms with Crippen molar-refractivity contribution >= 4 is 29.9 Å². The second-order valence-electron chi connectivity index (χ2n) is 6.48. The molecule has 0 spiro atoms. The van der Waals surface area contributed by atoms with E-state index in [1.165, 1.54) is 18.4 Å². The number of hydrogen-bond donors (Lipinski definition) is 2. The van der Waals surface area contributed by atoms with Crippen LogP contribution in [0, 0.1) is 0 Å². The Morgan fingerprint density at radius 2 is 1.96 bits per heavy atom. The van der Waals surface area contributed by atoms with Crippen molar-refractivity contribution in [1.82, 2.24) is 10.6 Å². The van der Waals surface area contributed by atoms with Gasteiger partial charge in [-0.1, -0.05) is 30.3 Å². The number of benzene rings is 1. The van der Waals surface area contributed by atoms with Gasteiger partial charge in [0.15, 0.2) is 5.96 Å². The lowest BCUT2D eigenvalue weighted by Gasteiger charge is -2.19. The fourth-order valence-corrected chi connectivity index (χ4v) is 2.93. The molecule has 1 saturated carbocycles. The molecule has 6 heteroatoms. The molecule has 0 amide bonds. The topological polar surface area (TPSA) is 58.8 Å². The third-order valence-corrected chi connectivity index (χ3v) is 4.64. The zero-order valence-corrected chi connectivity index (χ0v) is 17.6. The van der Waals surface area contributed by atoms with Crippen molar-refractivity contribution in [3.63, 3.8) is 0 Å². The largest absolute Gasteiger partial charge is 0.467 e. The van der Waals surface area contributed by atoms with Crippen molar-refractivity contribution in [2.75, 3.05) is 26.7 Å². The summed E-state index contributed by atoms with van der Waals surface area (Å²) in [6.45, 7) is 2.97. The summed E-state index contributed by atoms with van der Waals surface area (Å²) in [5, 5.41) is 6.82. The fourth-order valence-electron chi connectivity index (χ4n) is 2.93. The van der Waals surface area contributed by atoms with Crippen molar-refractivity contribution in [3.8, 4) is 0 Å². The first-order valence-corrected chi connectivity index (χ1v) is 8.93. The molecular weight excluding hydrogens is 441 g/mol. The van der Waals surface area contributed by atoms with E-state index in [1.54, 1.807) is 6.26 Å². The highest BCUT2D eigenvalue weighted by Gasteiger charge is 2.43. The molecule has 26 heavy (non-hydrogen) atoms. The van der Waals surface area contributed by atoms with Gasteiger partial charge in [-0.05, 0) is 37.0 Å². The molecule has 1 aliphatic rings. The Morgan fingerprint density at radius 1 is 1.15 bits per heavy atom. The predicted molar refractivity (Wildman–Crippen MR) is 115 cm³/mol. The van der Waals surface area contributed by atoms with Crippen molar-refractivity contribution in [3.05, 3.63) is 60.1 Å². The Morgan fingerprint density at radius 3 is 2.62 bits per heavy atom. The number of rotatable bonds is 9. The molecule has 1 fully saturated rings. The van der Waals surface area contributed by atoms with Crippen molar-refractivity contribution in [2.45, 2.75) is 31.3 Å². The summed E-state index contributed by atoms with van der Waals surface area (Å²) in [7, 11) is 1.81. The van der Waals surface area contributed by atoms with E-state index in [-0.39, 0.29) is 29.4 Å². The van der Waals surface area contributed by atoms with Crippen LogP contribution in [0.15, 0.2) is 58.1 Å². The van der Waals surface area contributed by atoms with E-state index in [9.17, 15) is 0 Å². The van der Waals surface area contributed by atoms with Gasteiger partial charge >= 0.3 is 0 Å². The zero-order chi connectivity index (χ0) is 17.4. The van der Waals surface area contributed by atoms with Gasteiger partial charge < -0.3 is 19.8 Å². The van der Waals surface area contributed by atoms with Crippen LogP contribution in [-0.2, 0) is 16.8 Å². The molecule has 2 N–H and O–H groups in total. The van der Waals surface area contributed by atoms with Crippen molar-refractivity contribution in [2.24, 2.45) is 4.99 Å². The Bertz CT molecular complexity index is 655. The minimum absolute atomic E-state index is 0. The monoisotopic (exact) mass is 469 g/mol. The molecule has 5 nitrogen and oxygen atoms in total. The van der Waals surface area contributed by atoms with Gasteiger partial charge in [-0.15, -0.1) is 24.0 Å². The Kier molecular flexibility index (Phi) is 8.44. The van der Waals surface area contributed by atoms with Crippen LogP contribution < -0.4 is 10.6 Å². The second-order valence-corrected chi connectivity index (χ2v) is 6.48. The molecule has 0 aliphatic heterocycles. The summed E-state index contributed by atoms with van der Waals surface area (Å²) < 4.78 is 10.8. The Labute approximate surface area is 172 Å². The predicted octanol–water partition coefficient (Wildman–Crippen LogP) is 3.70. The molecular formula is C20H28IN3O2. The Hall–Kier alpha value is -1.54. The number of furan rings is 1. The third kappa shape index (κ3) is 6.02. The molecule has 0 bridgehead atoms. The number of ether oxygens (including phenoxy) is 1. The van der Waals surface area contributed by atoms with Gasteiger partial charge in [0.05, 0.1) is 6.26 Å². The van der Waals surface area contributed by atoms with E-state index < -0.39 is 0 Å². The van der Waals surface area contributed by atoms with Crippen LogP contribution in [0.4, 0.5) is 0 Å². The first-order valence-electron chi connectivity index (χ1n) is 8.93. The van der Waals surface area contributed by atoms with Gasteiger partial charge in [0.25, 0.3) is 0 Å². The van der Waals surface area contributed by atoms with E-state index in [4.69, 9.17) is 9.15 Å². The quantitative estimate of drug-likeness (QED) is 0.255. The van der Waals surface area contributed by atoms with Crippen LogP contribution in [0.5, 0.6) is 0 Å². The molecule has 0 saturated heterocycles. The lowest BCUT2D eigenvalue weighted by Crippen LogP contribution is -2.41. The first kappa shape index (κ1) is 20.8. The molecule has 1 aromatic heterocycles. The lowest BCUT2D eigenvalue weighted by molar-refractivity contribution is 0.105. The fraction of sp³-hybridized carbons (Fsp3) is 0.450. The van der Waals surface area contributed by atoms with Gasteiger partial charge in [-0.2, -0.15) is 0 Å². The van der Waals surface area contributed by atoms with E-state index in [2.05, 4.69) is 46.0 Å². The van der Waals surface area contributed by atoms with Gasteiger partial charge in [0.1, 0.15) is 12.4 Å². The van der Waals surface area contributed by atoms with E-state index in [0.29, 0.717) is 13.2 Å². The maximum atomic E-state index is 5.58. The second kappa shape index (κ2) is 10.6. The minimum atomic E-state index is 0. The number of hydrogen-bond acceptors (Lipinski definition) is 3. The smallest absolute Gasteiger partial charge is 0.191 e. The molecule has 142 valence electrons. The van der Waals surface area contributed by atoms with Crippen LogP contribution in [0.1, 0.15) is 30.6 Å². The third-order valence-electron chi connectivity index (χ3n) is 4.64. The summed E-state index contributed by atoms with van der Waals surface area (Å²) in [5.41, 5.74) is 1.70. The van der Waals surface area contributed by atoms with Gasteiger partial charge in [0.2, 0.25) is 0 Å². The highest BCUT2D eigenvalue weighted by atomic mass is 127. The molecule has 3 rings (SSSR count). The zero-order valence-electron chi connectivity index (χ0n) is 15.2. The lowest BCUT2D eigenvalue weighted by atomic mass is 9.96. The summed E-state index contributed by atoms with van der Waals surface area (Å²) in [6, 6.07) is 14.5. The number of halogens is 1. The number of aliphatic imine (C=N–C) groups is 1. The average Bonchev–Trinajstić information content (AvgIpc) is 3.27. The van der Waals surface area contributed by atoms with Gasteiger partial charge in [-0.25, -0.2) is 0 Å². The molecule has 1 aliphatic carbocycles. The summed E-state index contributed by atoms with van der Waals surface area (Å²) in [4.78, 5) is 4.31. The van der Waals surface area contributed by atoms with Gasteiger partial charge in [0, 0.05) is 32.2 Å². The molecule has 2 aromatic rings. The summed E-state index contributed by atoms with van der Waals surface area (Å²) in [6.07, 6.45) is 5.06. The highest BCUT2D eigenvalue weighted by molar-refractivity contribution is 14.0. The van der Waals surface area contributed by atoms with Crippen LogP contribution in [0.3, 0.4) is 0 Å². The minimum Gasteiger partial charge on any atom is -0.467 e. The van der Waals surface area contributed by atoms with E-state index in [0.717, 1.165) is 31.2 Å². The SMILES string of the molecule is CN=C(NCCCOCc1ccco1)NCC1(c2ccccc2)CC1.I. The summed E-state index contributed by atoms with van der Waals surface area (Å²) >= 11 is 0. The highest BCUT2D eigenvalue weighted by Crippen LogP contribution is 2.47. The first-order chi connectivity index (χ1) is 12.3. The Balaban J connectivity index is 0.00000243. The van der Waals surface area contributed by atoms with Crippen LogP contribution in [0.2, 0.25) is 0 Å². The average molecular weight is 469 g/mol. The molecule has 1 aromatic carbocycles. The maximum absolute atomic E-state index is 5.58. The van der Waals surface area contributed by atoms with Crippen molar-refractivity contribution in [1.29, 1.82) is 0 Å². The summed E-state index contributed by atoms with van der Waals surface area (Å²) in [5.74, 6) is 1.72.